The van der Waals surface area contributed by atoms with Crippen molar-refractivity contribution in [2.45, 2.75) is 37.4 Å². The second-order valence-corrected chi connectivity index (χ2v) is 5.90. The third kappa shape index (κ3) is 2.39. The number of nitrogens with one attached hydrogen (secondary N) is 2. The van der Waals surface area contributed by atoms with Gasteiger partial charge in [0.05, 0.1) is 6.20 Å². The lowest BCUT2D eigenvalue weighted by atomic mass is 9.95. The molecule has 2 aliphatic rings. The fourth-order valence-electron chi connectivity index (χ4n) is 3.34. The molecule has 0 saturated carbocycles. The predicted octanol–water partition coefficient (Wildman–Crippen LogP) is 2.10. The lowest BCUT2D eigenvalue weighted by Crippen LogP contribution is -2.43. The Morgan fingerprint density at radius 2 is 2.14 bits per heavy atom. The summed E-state index contributed by atoms with van der Waals surface area (Å²) in [6, 6.07) is 6.91. The molecule has 1 aromatic heterocycles. The molecule has 5 nitrogen and oxygen atoms in total. The van der Waals surface area contributed by atoms with Crippen LogP contribution in [0.25, 0.3) is 11.3 Å². The topological polar surface area (TPSA) is 67.2 Å². The van der Waals surface area contributed by atoms with Gasteiger partial charge < -0.3 is 15.1 Å². The van der Waals surface area contributed by atoms with Crippen molar-refractivity contribution in [2.24, 2.45) is 0 Å². The summed E-state index contributed by atoms with van der Waals surface area (Å²) in [6.45, 7) is 0. The van der Waals surface area contributed by atoms with Gasteiger partial charge in [-0.1, -0.05) is 0 Å². The molecule has 3 heterocycles. The smallest absolute Gasteiger partial charge is 0.307 e. The van der Waals surface area contributed by atoms with Crippen LogP contribution in [0, 0.1) is 5.82 Å². The zero-order chi connectivity index (χ0) is 15.1. The lowest BCUT2D eigenvalue weighted by molar-refractivity contribution is 0.0896. The monoisotopic (exact) mass is 301 g/mol. The van der Waals surface area contributed by atoms with Crippen molar-refractivity contribution in [3.63, 3.8) is 0 Å². The first-order valence-corrected chi connectivity index (χ1v) is 7.48. The van der Waals surface area contributed by atoms with Crippen LogP contribution in [0.5, 0.6) is 0 Å². The van der Waals surface area contributed by atoms with Gasteiger partial charge in [0.25, 0.3) is 5.89 Å². The molecule has 2 bridgehead atoms. The Kier molecular flexibility index (Phi) is 3.18. The van der Waals surface area contributed by atoms with Gasteiger partial charge in [0, 0.05) is 23.7 Å². The molecule has 2 aliphatic heterocycles. The number of benzene rings is 1. The first-order valence-electron chi connectivity index (χ1n) is 7.48. The average Bonchev–Trinajstić information content (AvgIpc) is 3.24. The summed E-state index contributed by atoms with van der Waals surface area (Å²) < 4.78 is 18.4. The Morgan fingerprint density at radius 3 is 2.82 bits per heavy atom. The number of aromatic nitrogens is 1. The number of nitrogens with zero attached hydrogens (tertiary/aromatic N) is 1. The van der Waals surface area contributed by atoms with E-state index in [1.807, 2.05) is 0 Å². The van der Waals surface area contributed by atoms with E-state index in [-0.39, 0.29) is 23.7 Å². The van der Waals surface area contributed by atoms with Crippen molar-refractivity contribution in [1.82, 2.24) is 15.6 Å². The molecule has 4 rings (SSSR count). The summed E-state index contributed by atoms with van der Waals surface area (Å²) >= 11 is 0. The van der Waals surface area contributed by atoms with Gasteiger partial charge in [-0.25, -0.2) is 9.37 Å². The van der Waals surface area contributed by atoms with Crippen LogP contribution in [0.4, 0.5) is 4.39 Å². The van der Waals surface area contributed by atoms with E-state index in [0.717, 1.165) is 12.8 Å². The summed E-state index contributed by atoms with van der Waals surface area (Å²) in [5.74, 6) is -0.115. The second-order valence-electron chi connectivity index (χ2n) is 5.90. The van der Waals surface area contributed by atoms with Crippen molar-refractivity contribution in [2.75, 3.05) is 0 Å². The molecular formula is C16H16FN3O2. The maximum atomic E-state index is 12.9. The second kappa shape index (κ2) is 5.21. The maximum Gasteiger partial charge on any atom is 0.307 e. The number of oxazole rings is 1. The molecule has 0 spiro atoms. The molecule has 2 fully saturated rings. The summed E-state index contributed by atoms with van der Waals surface area (Å²) in [4.78, 5) is 16.2. The lowest BCUT2D eigenvalue weighted by Gasteiger charge is -2.20. The molecule has 114 valence electrons. The van der Waals surface area contributed by atoms with E-state index in [1.165, 1.54) is 24.8 Å². The molecule has 0 aliphatic carbocycles. The van der Waals surface area contributed by atoms with E-state index in [1.54, 1.807) is 12.1 Å². The van der Waals surface area contributed by atoms with Crippen LogP contribution < -0.4 is 10.6 Å². The van der Waals surface area contributed by atoms with Crippen LogP contribution in [0.2, 0.25) is 0 Å². The van der Waals surface area contributed by atoms with Crippen LogP contribution in [0.3, 0.4) is 0 Å². The fraction of sp³-hybridized carbons (Fsp3) is 0.375. The van der Waals surface area contributed by atoms with Crippen LogP contribution >= 0.6 is 0 Å². The highest BCUT2D eigenvalue weighted by molar-refractivity contribution is 5.90. The van der Waals surface area contributed by atoms with Crippen molar-refractivity contribution in [3.8, 4) is 11.3 Å². The average molecular weight is 301 g/mol. The van der Waals surface area contributed by atoms with Crippen molar-refractivity contribution in [1.29, 1.82) is 0 Å². The van der Waals surface area contributed by atoms with E-state index >= 15 is 0 Å². The molecule has 3 unspecified atom stereocenters. The first kappa shape index (κ1) is 13.5. The van der Waals surface area contributed by atoms with E-state index in [2.05, 4.69) is 15.6 Å². The quantitative estimate of drug-likeness (QED) is 0.911. The van der Waals surface area contributed by atoms with Crippen molar-refractivity contribution >= 4 is 5.91 Å². The van der Waals surface area contributed by atoms with Crippen molar-refractivity contribution in [3.05, 3.63) is 42.2 Å². The number of halogens is 1. The summed E-state index contributed by atoms with van der Waals surface area (Å²) in [6.07, 6.45) is 4.73. The summed E-state index contributed by atoms with van der Waals surface area (Å²) in [5, 5.41) is 6.45. The van der Waals surface area contributed by atoms with Gasteiger partial charge in [0.15, 0.2) is 5.76 Å². The number of hydrogen-bond donors (Lipinski definition) is 2. The molecule has 1 amide bonds. The van der Waals surface area contributed by atoms with Gasteiger partial charge in [0.1, 0.15) is 5.82 Å². The highest BCUT2D eigenvalue weighted by atomic mass is 19.1. The highest BCUT2D eigenvalue weighted by Gasteiger charge is 2.40. The summed E-state index contributed by atoms with van der Waals surface area (Å²) in [5.41, 5.74) is 0.689. The fourth-order valence-corrected chi connectivity index (χ4v) is 3.34. The number of hydrogen-bond acceptors (Lipinski definition) is 4. The Labute approximate surface area is 126 Å². The van der Waals surface area contributed by atoms with Gasteiger partial charge in [-0.3, -0.25) is 4.79 Å². The number of fused-ring (bicyclic) bond motifs is 2. The minimum atomic E-state index is -0.315. The van der Waals surface area contributed by atoms with Crippen LogP contribution in [0.15, 0.2) is 34.9 Å². The highest BCUT2D eigenvalue weighted by Crippen LogP contribution is 2.28. The molecular weight excluding hydrogens is 285 g/mol. The predicted molar refractivity (Wildman–Crippen MR) is 77.7 cm³/mol. The molecule has 2 aromatic rings. The van der Waals surface area contributed by atoms with Crippen LogP contribution in [-0.4, -0.2) is 29.0 Å². The number of carbonyl (C=O) groups excluding carboxylic acids is 1. The normalized spacial score (nSPS) is 26.3. The molecule has 6 heteroatoms. The SMILES string of the molecule is O=C(NC1CC2CCC1N2)c1ncc(-c2ccc(F)cc2)o1. The minimum Gasteiger partial charge on any atom is -0.432 e. The third-order valence-corrected chi connectivity index (χ3v) is 4.45. The van der Waals surface area contributed by atoms with Gasteiger partial charge in [-0.15, -0.1) is 0 Å². The van der Waals surface area contributed by atoms with Gasteiger partial charge in [-0.05, 0) is 43.5 Å². The first-order chi connectivity index (χ1) is 10.7. The molecule has 22 heavy (non-hydrogen) atoms. The van der Waals surface area contributed by atoms with E-state index in [4.69, 9.17) is 4.42 Å². The van der Waals surface area contributed by atoms with Gasteiger partial charge in [0.2, 0.25) is 0 Å². The zero-order valence-corrected chi connectivity index (χ0v) is 11.9. The zero-order valence-electron chi connectivity index (χ0n) is 11.9. The largest absolute Gasteiger partial charge is 0.432 e. The molecule has 1 aromatic carbocycles. The Morgan fingerprint density at radius 1 is 1.32 bits per heavy atom. The Balaban J connectivity index is 1.46. The van der Waals surface area contributed by atoms with Crippen molar-refractivity contribution < 1.29 is 13.6 Å². The molecule has 0 radical (unpaired) electrons. The minimum absolute atomic E-state index is 0.0436. The Hall–Kier alpha value is -2.21. The standard InChI is InChI=1S/C16H16FN3O2/c17-10-3-1-9(2-4-10)14-8-18-16(22-14)15(21)20-13-7-11-5-6-12(13)19-11/h1-4,8,11-13,19H,5-7H2,(H,20,21). The van der Waals surface area contributed by atoms with E-state index < -0.39 is 0 Å². The van der Waals surface area contributed by atoms with Gasteiger partial charge >= 0.3 is 5.91 Å². The number of carbonyl (C=O) groups is 1. The van der Waals surface area contributed by atoms with Gasteiger partial charge in [-0.2, -0.15) is 0 Å². The Bertz CT molecular complexity index is 698. The molecule has 2 saturated heterocycles. The number of amides is 1. The van der Waals surface area contributed by atoms with Crippen LogP contribution in [-0.2, 0) is 0 Å². The maximum absolute atomic E-state index is 12.9. The van der Waals surface area contributed by atoms with E-state index in [0.29, 0.717) is 23.4 Å². The third-order valence-electron chi connectivity index (χ3n) is 4.45. The van der Waals surface area contributed by atoms with Crippen LogP contribution in [0.1, 0.15) is 29.9 Å². The molecule has 2 N–H and O–H groups in total. The molecule has 3 atom stereocenters. The number of rotatable bonds is 3. The summed E-state index contributed by atoms with van der Waals surface area (Å²) in [7, 11) is 0. The van der Waals surface area contributed by atoms with E-state index in [9.17, 15) is 9.18 Å².